The third-order valence-corrected chi connectivity index (χ3v) is 5.04. The first kappa shape index (κ1) is 21.7. The molecule has 0 aliphatic heterocycles. The van der Waals surface area contributed by atoms with Gasteiger partial charge in [0.25, 0.3) is 5.56 Å². The number of aromatic nitrogens is 2. The molecule has 0 aliphatic rings. The van der Waals surface area contributed by atoms with Gasteiger partial charge in [-0.15, -0.1) is 0 Å². The van der Waals surface area contributed by atoms with Crippen LogP contribution in [0.5, 0.6) is 5.75 Å². The Kier molecular flexibility index (Phi) is 6.38. The second-order valence-electron chi connectivity index (χ2n) is 6.28. The molecule has 1 aromatic heterocycles. The molecule has 1 atom stereocenters. The van der Waals surface area contributed by atoms with Gasteiger partial charge in [-0.05, 0) is 31.2 Å². The highest BCUT2D eigenvalue weighted by Crippen LogP contribution is 2.31. The van der Waals surface area contributed by atoms with E-state index in [1.807, 2.05) is 0 Å². The summed E-state index contributed by atoms with van der Waals surface area (Å²) in [5.74, 6) is -1.92. The third-order valence-electron chi connectivity index (χ3n) is 4.22. The first-order valence-corrected chi connectivity index (χ1v) is 9.36. The predicted molar refractivity (Wildman–Crippen MR) is 110 cm³/mol. The molecule has 6 nitrogen and oxygen atoms in total. The van der Waals surface area contributed by atoms with Crippen LogP contribution in [0.25, 0.3) is 11.3 Å². The lowest BCUT2D eigenvalue weighted by Crippen LogP contribution is -2.34. The number of nitrogens with zero attached hydrogens (tertiary/aromatic N) is 2. The van der Waals surface area contributed by atoms with E-state index in [1.165, 1.54) is 14.0 Å². The number of anilines is 1. The van der Waals surface area contributed by atoms with Gasteiger partial charge in [0.15, 0.2) is 0 Å². The summed E-state index contributed by atoms with van der Waals surface area (Å²) >= 11 is 12.3. The average molecular weight is 454 g/mol. The highest BCUT2D eigenvalue weighted by Gasteiger charge is 2.23. The van der Waals surface area contributed by atoms with Gasteiger partial charge in [-0.1, -0.05) is 35.3 Å². The third kappa shape index (κ3) is 4.44. The Balaban J connectivity index is 2.01. The monoisotopic (exact) mass is 453 g/mol. The van der Waals surface area contributed by atoms with Crippen molar-refractivity contribution in [2.24, 2.45) is 0 Å². The summed E-state index contributed by atoms with van der Waals surface area (Å²) < 4.78 is 32.8. The van der Waals surface area contributed by atoms with E-state index in [0.29, 0.717) is 17.4 Å². The molecule has 1 unspecified atom stereocenters. The summed E-state index contributed by atoms with van der Waals surface area (Å²) in [6.45, 7) is 1.39. The molecule has 10 heteroatoms. The van der Waals surface area contributed by atoms with Crippen LogP contribution in [0.4, 0.5) is 14.5 Å². The minimum Gasteiger partial charge on any atom is -0.497 e. The van der Waals surface area contributed by atoms with Crippen LogP contribution in [0.1, 0.15) is 13.0 Å². The lowest BCUT2D eigenvalue weighted by Gasteiger charge is -2.17. The average Bonchev–Trinajstić information content (AvgIpc) is 2.71. The van der Waals surface area contributed by atoms with Gasteiger partial charge >= 0.3 is 0 Å². The van der Waals surface area contributed by atoms with E-state index in [9.17, 15) is 18.4 Å². The summed E-state index contributed by atoms with van der Waals surface area (Å²) in [6.07, 6.45) is 0. The van der Waals surface area contributed by atoms with Gasteiger partial charge in [-0.25, -0.2) is 13.5 Å². The summed E-state index contributed by atoms with van der Waals surface area (Å²) in [4.78, 5) is 25.1. The van der Waals surface area contributed by atoms with Crippen molar-refractivity contribution in [2.45, 2.75) is 13.0 Å². The van der Waals surface area contributed by atoms with Crippen LogP contribution in [0.3, 0.4) is 0 Å². The Labute approximate surface area is 180 Å². The van der Waals surface area contributed by atoms with E-state index in [0.717, 1.165) is 16.8 Å². The summed E-state index contributed by atoms with van der Waals surface area (Å²) in [6, 6.07) is 8.13. The fourth-order valence-electron chi connectivity index (χ4n) is 2.70. The van der Waals surface area contributed by atoms with Gasteiger partial charge in [-0.3, -0.25) is 9.59 Å². The number of nitrogens with one attached hydrogen (secondary N) is 1. The minimum absolute atomic E-state index is 0.0778. The van der Waals surface area contributed by atoms with Crippen LogP contribution in [-0.2, 0) is 4.79 Å². The van der Waals surface area contributed by atoms with Crippen molar-refractivity contribution < 1.29 is 18.3 Å². The van der Waals surface area contributed by atoms with Gasteiger partial charge in [0, 0.05) is 17.3 Å². The molecule has 0 bridgehead atoms. The summed E-state index contributed by atoms with van der Waals surface area (Å²) in [7, 11) is 1.49. The van der Waals surface area contributed by atoms with E-state index < -0.39 is 29.1 Å². The Morgan fingerprint density at radius 1 is 1.13 bits per heavy atom. The number of ether oxygens (including phenoxy) is 1. The number of carbonyl (C=O) groups excluding carboxylic acids is 1. The Morgan fingerprint density at radius 3 is 2.43 bits per heavy atom. The van der Waals surface area contributed by atoms with Gasteiger partial charge in [-0.2, -0.15) is 5.10 Å². The number of hydrogen-bond donors (Lipinski definition) is 1. The van der Waals surface area contributed by atoms with Crippen LogP contribution in [0.15, 0.2) is 47.3 Å². The van der Waals surface area contributed by atoms with Crippen molar-refractivity contribution >= 4 is 34.8 Å². The quantitative estimate of drug-likeness (QED) is 0.607. The first-order chi connectivity index (χ1) is 14.2. The molecular weight excluding hydrogens is 439 g/mol. The number of carbonyl (C=O) groups is 1. The van der Waals surface area contributed by atoms with E-state index in [4.69, 9.17) is 27.9 Å². The molecule has 156 valence electrons. The maximum atomic E-state index is 13.4. The zero-order valence-corrected chi connectivity index (χ0v) is 17.3. The molecule has 1 heterocycles. The van der Waals surface area contributed by atoms with Crippen molar-refractivity contribution in [3.8, 4) is 17.0 Å². The number of benzene rings is 2. The molecular formula is C20H15Cl2F2N3O3. The highest BCUT2D eigenvalue weighted by molar-refractivity contribution is 6.43. The number of hydrogen-bond acceptors (Lipinski definition) is 4. The van der Waals surface area contributed by atoms with Gasteiger partial charge < -0.3 is 10.1 Å². The second kappa shape index (κ2) is 8.81. The van der Waals surface area contributed by atoms with Crippen LogP contribution in [0, 0.1) is 11.6 Å². The van der Waals surface area contributed by atoms with Crippen LogP contribution in [0.2, 0.25) is 10.0 Å². The molecule has 0 spiro atoms. The van der Waals surface area contributed by atoms with Crippen LogP contribution in [-0.4, -0.2) is 22.8 Å². The molecule has 0 radical (unpaired) electrons. The van der Waals surface area contributed by atoms with Crippen molar-refractivity contribution in [1.82, 2.24) is 9.78 Å². The number of rotatable bonds is 5. The van der Waals surface area contributed by atoms with Gasteiger partial charge in [0.05, 0.1) is 12.1 Å². The predicted octanol–water partition coefficient (Wildman–Crippen LogP) is 4.70. The fourth-order valence-corrected chi connectivity index (χ4v) is 3.10. The largest absolute Gasteiger partial charge is 0.497 e. The van der Waals surface area contributed by atoms with Gasteiger partial charge in [0.1, 0.15) is 34.1 Å². The molecule has 0 saturated carbocycles. The molecule has 30 heavy (non-hydrogen) atoms. The normalized spacial score (nSPS) is 11.8. The van der Waals surface area contributed by atoms with Gasteiger partial charge in [0.2, 0.25) is 5.91 Å². The molecule has 0 saturated heterocycles. The topological polar surface area (TPSA) is 73.2 Å². The standard InChI is InChI=1S/C20H15Cl2F2N3O3/c1-10(19(28)25-14-8-12(23)7-13(24)9-14)27-20(29)17(22)16(21)18(26-27)11-4-3-5-15(6-11)30-2/h3-10H,1-2H3,(H,25,28). The summed E-state index contributed by atoms with van der Waals surface area (Å²) in [5.41, 5.74) is -0.224. The van der Waals surface area contributed by atoms with Crippen LogP contribution < -0.4 is 15.6 Å². The van der Waals surface area contributed by atoms with Crippen molar-refractivity contribution in [2.75, 3.05) is 12.4 Å². The molecule has 0 fully saturated rings. The molecule has 3 rings (SSSR count). The van der Waals surface area contributed by atoms with E-state index in [-0.39, 0.29) is 21.4 Å². The lowest BCUT2D eigenvalue weighted by molar-refractivity contribution is -0.119. The zero-order chi connectivity index (χ0) is 22.0. The number of amides is 1. The van der Waals surface area contributed by atoms with Crippen molar-refractivity contribution in [3.05, 3.63) is 74.5 Å². The van der Waals surface area contributed by atoms with Crippen LogP contribution >= 0.6 is 23.2 Å². The molecule has 0 aliphatic carbocycles. The second-order valence-corrected chi connectivity index (χ2v) is 7.04. The number of halogens is 4. The Hall–Kier alpha value is -2.97. The minimum atomic E-state index is -1.16. The number of methoxy groups -OCH3 is 1. The SMILES string of the molecule is COc1cccc(-c2nn(C(C)C(=O)Nc3cc(F)cc(F)c3)c(=O)c(Cl)c2Cl)c1. The fraction of sp³-hybridized carbons (Fsp3) is 0.150. The maximum Gasteiger partial charge on any atom is 0.287 e. The Bertz CT molecular complexity index is 1160. The van der Waals surface area contributed by atoms with Crippen molar-refractivity contribution in [1.29, 1.82) is 0 Å². The molecule has 2 aromatic carbocycles. The van der Waals surface area contributed by atoms with E-state index >= 15 is 0 Å². The highest BCUT2D eigenvalue weighted by atomic mass is 35.5. The molecule has 1 N–H and O–H groups in total. The summed E-state index contributed by atoms with van der Waals surface area (Å²) in [5, 5.41) is 6.15. The molecule has 3 aromatic rings. The van der Waals surface area contributed by atoms with E-state index in [1.54, 1.807) is 24.3 Å². The van der Waals surface area contributed by atoms with Crippen molar-refractivity contribution in [3.63, 3.8) is 0 Å². The Morgan fingerprint density at radius 2 is 1.80 bits per heavy atom. The van der Waals surface area contributed by atoms with E-state index in [2.05, 4.69) is 10.4 Å². The zero-order valence-electron chi connectivity index (χ0n) is 15.7. The lowest BCUT2D eigenvalue weighted by atomic mass is 10.1. The smallest absolute Gasteiger partial charge is 0.287 e. The maximum absolute atomic E-state index is 13.4. The molecule has 1 amide bonds. The first-order valence-electron chi connectivity index (χ1n) is 8.60.